The highest BCUT2D eigenvalue weighted by atomic mass is 16.2. The molecule has 3 aliphatic rings. The fourth-order valence-electron chi connectivity index (χ4n) is 4.62. The molecule has 126 valence electrons. The van der Waals surface area contributed by atoms with E-state index in [1.807, 2.05) is 0 Å². The van der Waals surface area contributed by atoms with Crippen LogP contribution in [0.3, 0.4) is 0 Å². The van der Waals surface area contributed by atoms with Crippen molar-refractivity contribution in [2.45, 2.75) is 57.4 Å². The number of piperazine rings is 1. The first-order valence-corrected chi connectivity index (χ1v) is 9.35. The maximum atomic E-state index is 12.8. The molecule has 0 radical (unpaired) electrons. The van der Waals surface area contributed by atoms with Crippen molar-refractivity contribution in [1.29, 1.82) is 0 Å². The number of hydrogen-bond donors (Lipinski definition) is 1. The van der Waals surface area contributed by atoms with Crippen LogP contribution in [0.25, 0.3) is 0 Å². The summed E-state index contributed by atoms with van der Waals surface area (Å²) in [6.07, 6.45) is 11.4. The molecule has 1 aromatic rings. The highest BCUT2D eigenvalue weighted by molar-refractivity contribution is 5.79. The SMILES string of the molecule is O=C(C1CCc2nc[nH]c2C1)N1CCN(C2CCCCC2)CC1. The molecule has 5 heteroatoms. The molecular weight excluding hydrogens is 288 g/mol. The maximum Gasteiger partial charge on any atom is 0.226 e. The lowest BCUT2D eigenvalue weighted by atomic mass is 9.88. The monoisotopic (exact) mass is 316 g/mol. The second-order valence-electron chi connectivity index (χ2n) is 7.42. The number of aromatic amines is 1. The van der Waals surface area contributed by atoms with E-state index in [1.54, 1.807) is 6.33 Å². The molecule has 1 saturated carbocycles. The van der Waals surface area contributed by atoms with Crippen LogP contribution in [0.1, 0.15) is 49.9 Å². The van der Waals surface area contributed by atoms with Gasteiger partial charge in [0.15, 0.2) is 0 Å². The number of amides is 1. The number of aromatic nitrogens is 2. The van der Waals surface area contributed by atoms with Crippen LogP contribution in [0, 0.1) is 5.92 Å². The van der Waals surface area contributed by atoms with Gasteiger partial charge in [-0.1, -0.05) is 19.3 Å². The van der Waals surface area contributed by atoms with Gasteiger partial charge in [-0.25, -0.2) is 4.98 Å². The van der Waals surface area contributed by atoms with E-state index < -0.39 is 0 Å². The summed E-state index contributed by atoms with van der Waals surface area (Å²) in [6, 6.07) is 0.781. The summed E-state index contributed by atoms with van der Waals surface area (Å²) in [7, 11) is 0. The van der Waals surface area contributed by atoms with Gasteiger partial charge in [-0.3, -0.25) is 9.69 Å². The smallest absolute Gasteiger partial charge is 0.226 e. The van der Waals surface area contributed by atoms with Gasteiger partial charge >= 0.3 is 0 Å². The van der Waals surface area contributed by atoms with Crippen molar-refractivity contribution in [3.05, 3.63) is 17.7 Å². The number of fused-ring (bicyclic) bond motifs is 1. The van der Waals surface area contributed by atoms with Gasteiger partial charge in [-0.05, 0) is 25.7 Å². The number of rotatable bonds is 2. The molecule has 4 rings (SSSR count). The minimum Gasteiger partial charge on any atom is -0.348 e. The minimum absolute atomic E-state index is 0.157. The zero-order chi connectivity index (χ0) is 15.6. The van der Waals surface area contributed by atoms with Gasteiger partial charge in [0.05, 0.1) is 12.0 Å². The van der Waals surface area contributed by atoms with Crippen LogP contribution >= 0.6 is 0 Å². The first-order valence-electron chi connectivity index (χ1n) is 9.35. The Labute approximate surface area is 138 Å². The molecule has 0 aromatic carbocycles. The topological polar surface area (TPSA) is 52.2 Å². The third kappa shape index (κ3) is 3.16. The summed E-state index contributed by atoms with van der Waals surface area (Å²) in [5, 5.41) is 0. The van der Waals surface area contributed by atoms with Crippen molar-refractivity contribution in [3.63, 3.8) is 0 Å². The first kappa shape index (κ1) is 15.2. The summed E-state index contributed by atoms with van der Waals surface area (Å²) >= 11 is 0. The van der Waals surface area contributed by atoms with Crippen molar-refractivity contribution in [2.24, 2.45) is 5.92 Å². The standard InChI is InChI=1S/C18H28N4O/c23-18(14-6-7-16-17(12-14)20-13-19-16)22-10-8-21(9-11-22)15-4-2-1-3-5-15/h13-15H,1-12H2,(H,19,20). The van der Waals surface area contributed by atoms with Crippen LogP contribution in [0.2, 0.25) is 0 Å². The summed E-state index contributed by atoms with van der Waals surface area (Å²) in [6.45, 7) is 3.97. The Kier molecular flexibility index (Phi) is 4.38. The fraction of sp³-hybridized carbons (Fsp3) is 0.778. The van der Waals surface area contributed by atoms with Crippen LogP contribution in [0.15, 0.2) is 6.33 Å². The third-order valence-corrected chi connectivity index (χ3v) is 6.05. The number of nitrogens with zero attached hydrogens (tertiary/aromatic N) is 3. The zero-order valence-corrected chi connectivity index (χ0v) is 14.0. The van der Waals surface area contributed by atoms with E-state index in [0.717, 1.165) is 57.2 Å². The predicted octanol–water partition coefficient (Wildman–Crippen LogP) is 1.99. The Bertz CT molecular complexity index is 541. The maximum absolute atomic E-state index is 12.8. The summed E-state index contributed by atoms with van der Waals surface area (Å²) in [5.41, 5.74) is 2.34. The lowest BCUT2D eigenvalue weighted by Gasteiger charge is -2.41. The molecule has 1 unspecified atom stereocenters. The number of aryl methyl sites for hydroxylation is 1. The largest absolute Gasteiger partial charge is 0.348 e. The average molecular weight is 316 g/mol. The van der Waals surface area contributed by atoms with E-state index in [4.69, 9.17) is 0 Å². The van der Waals surface area contributed by atoms with Gasteiger partial charge in [0, 0.05) is 50.3 Å². The molecule has 1 aliphatic heterocycles. The van der Waals surface area contributed by atoms with Gasteiger partial charge in [0.25, 0.3) is 0 Å². The van der Waals surface area contributed by atoms with Crippen molar-refractivity contribution in [3.8, 4) is 0 Å². The van der Waals surface area contributed by atoms with Crippen molar-refractivity contribution in [1.82, 2.24) is 19.8 Å². The van der Waals surface area contributed by atoms with Gasteiger partial charge in [-0.2, -0.15) is 0 Å². The number of carbonyl (C=O) groups excluding carboxylic acids is 1. The van der Waals surface area contributed by atoms with E-state index in [2.05, 4.69) is 19.8 Å². The van der Waals surface area contributed by atoms with Crippen LogP contribution < -0.4 is 0 Å². The molecule has 2 fully saturated rings. The van der Waals surface area contributed by atoms with E-state index in [0.29, 0.717) is 5.91 Å². The van der Waals surface area contributed by atoms with Crippen molar-refractivity contribution < 1.29 is 4.79 Å². The number of H-pyrrole nitrogens is 1. The van der Waals surface area contributed by atoms with Gasteiger partial charge in [-0.15, -0.1) is 0 Å². The fourth-order valence-corrected chi connectivity index (χ4v) is 4.62. The normalized spacial score (nSPS) is 27.0. The molecule has 2 aliphatic carbocycles. The number of imidazole rings is 1. The summed E-state index contributed by atoms with van der Waals surface area (Å²) in [4.78, 5) is 25.1. The molecule has 1 saturated heterocycles. The summed E-state index contributed by atoms with van der Waals surface area (Å²) < 4.78 is 0. The number of carbonyl (C=O) groups is 1. The van der Waals surface area contributed by atoms with Gasteiger partial charge in [0.1, 0.15) is 0 Å². The lowest BCUT2D eigenvalue weighted by molar-refractivity contribution is -0.138. The van der Waals surface area contributed by atoms with Crippen molar-refractivity contribution >= 4 is 5.91 Å². The predicted molar refractivity (Wildman–Crippen MR) is 89.1 cm³/mol. The Balaban J connectivity index is 1.31. The Morgan fingerprint density at radius 3 is 2.65 bits per heavy atom. The molecule has 5 nitrogen and oxygen atoms in total. The lowest BCUT2D eigenvalue weighted by Crippen LogP contribution is -2.53. The van der Waals surface area contributed by atoms with Crippen LogP contribution in [0.4, 0.5) is 0 Å². The quantitative estimate of drug-likeness (QED) is 0.908. The Hall–Kier alpha value is -1.36. The van der Waals surface area contributed by atoms with E-state index >= 15 is 0 Å². The van der Waals surface area contributed by atoms with Gasteiger partial charge < -0.3 is 9.88 Å². The van der Waals surface area contributed by atoms with Crippen LogP contribution in [0.5, 0.6) is 0 Å². The highest BCUT2D eigenvalue weighted by Crippen LogP contribution is 2.26. The molecule has 2 heterocycles. The van der Waals surface area contributed by atoms with Crippen LogP contribution in [-0.4, -0.2) is 57.9 Å². The first-order chi connectivity index (χ1) is 11.3. The number of hydrogen-bond acceptors (Lipinski definition) is 3. The second-order valence-corrected chi connectivity index (χ2v) is 7.42. The molecule has 1 N–H and O–H groups in total. The molecule has 0 bridgehead atoms. The highest BCUT2D eigenvalue weighted by Gasteiger charge is 2.32. The van der Waals surface area contributed by atoms with Crippen LogP contribution in [-0.2, 0) is 17.6 Å². The average Bonchev–Trinajstić information content (AvgIpc) is 3.10. The van der Waals surface area contributed by atoms with E-state index in [1.165, 1.54) is 37.8 Å². The molecule has 1 aromatic heterocycles. The second kappa shape index (κ2) is 6.63. The molecular formula is C18H28N4O. The summed E-state index contributed by atoms with van der Waals surface area (Å²) in [5.74, 6) is 0.526. The van der Waals surface area contributed by atoms with E-state index in [9.17, 15) is 4.79 Å². The Morgan fingerprint density at radius 2 is 1.87 bits per heavy atom. The van der Waals surface area contributed by atoms with Crippen molar-refractivity contribution in [2.75, 3.05) is 26.2 Å². The Morgan fingerprint density at radius 1 is 1.09 bits per heavy atom. The molecule has 1 atom stereocenters. The molecule has 23 heavy (non-hydrogen) atoms. The van der Waals surface area contributed by atoms with E-state index in [-0.39, 0.29) is 5.92 Å². The van der Waals surface area contributed by atoms with Gasteiger partial charge in [0.2, 0.25) is 5.91 Å². The number of nitrogens with one attached hydrogen (secondary N) is 1. The molecule has 0 spiro atoms. The third-order valence-electron chi connectivity index (χ3n) is 6.05. The molecule has 1 amide bonds. The minimum atomic E-state index is 0.157. The zero-order valence-electron chi connectivity index (χ0n) is 14.0.